The van der Waals surface area contributed by atoms with Crippen LogP contribution in [0.15, 0.2) is 24.3 Å². The normalized spacial score (nSPS) is 26.2. The molecule has 0 radical (unpaired) electrons. The van der Waals surface area contributed by atoms with Crippen molar-refractivity contribution in [1.29, 1.82) is 0 Å². The minimum absolute atomic E-state index is 0.0158. The van der Waals surface area contributed by atoms with E-state index in [0.717, 1.165) is 25.7 Å². The fraction of sp³-hybridized carbons (Fsp3) is 0.500. The molecule has 128 valence electrons. The van der Waals surface area contributed by atoms with E-state index < -0.39 is 6.04 Å². The maximum absolute atomic E-state index is 12.2. The summed E-state index contributed by atoms with van der Waals surface area (Å²) in [5.41, 5.74) is 1.22. The van der Waals surface area contributed by atoms with Gasteiger partial charge in [0.2, 0.25) is 11.8 Å². The number of nitrogens with one attached hydrogen (secondary N) is 3. The second-order valence-electron chi connectivity index (χ2n) is 6.61. The summed E-state index contributed by atoms with van der Waals surface area (Å²) in [7, 11) is 0. The highest BCUT2D eigenvalue weighted by molar-refractivity contribution is 5.97. The number of benzene rings is 1. The SMILES string of the molecule is CC(=O)c1ccc(NC(=O)C[C@@H]2N[C@H]3CCCC[C@H]3NC2=O)cc1. The van der Waals surface area contributed by atoms with E-state index in [2.05, 4.69) is 16.0 Å². The predicted molar refractivity (Wildman–Crippen MR) is 90.8 cm³/mol. The molecule has 1 aromatic carbocycles. The molecule has 2 amide bonds. The molecule has 0 unspecified atom stereocenters. The third kappa shape index (κ3) is 3.82. The Bertz CT molecular complexity index is 641. The smallest absolute Gasteiger partial charge is 0.237 e. The van der Waals surface area contributed by atoms with E-state index in [1.54, 1.807) is 24.3 Å². The molecule has 24 heavy (non-hydrogen) atoms. The highest BCUT2D eigenvalue weighted by Gasteiger charge is 2.36. The second-order valence-corrected chi connectivity index (χ2v) is 6.61. The molecule has 1 saturated carbocycles. The van der Waals surface area contributed by atoms with E-state index >= 15 is 0 Å². The molecule has 2 fully saturated rings. The molecule has 3 atom stereocenters. The Balaban J connectivity index is 1.56. The standard InChI is InChI=1S/C18H23N3O3/c1-11(22)12-6-8-13(9-7-12)19-17(23)10-16-18(24)21-15-5-3-2-4-14(15)20-16/h6-9,14-16,20H,2-5,10H2,1H3,(H,19,23)(H,21,24)/t14-,15+,16-/m0/s1. The van der Waals surface area contributed by atoms with Gasteiger partial charge in [0, 0.05) is 23.3 Å². The van der Waals surface area contributed by atoms with E-state index in [0.29, 0.717) is 11.3 Å². The van der Waals surface area contributed by atoms with Crippen LogP contribution in [0.3, 0.4) is 0 Å². The number of hydrogen-bond acceptors (Lipinski definition) is 4. The average molecular weight is 329 g/mol. The van der Waals surface area contributed by atoms with Crippen LogP contribution in [0.4, 0.5) is 5.69 Å². The van der Waals surface area contributed by atoms with Crippen LogP contribution in [0, 0.1) is 0 Å². The Morgan fingerprint density at radius 1 is 1.12 bits per heavy atom. The lowest BCUT2D eigenvalue weighted by Crippen LogP contribution is -2.65. The molecular weight excluding hydrogens is 306 g/mol. The lowest BCUT2D eigenvalue weighted by atomic mass is 9.87. The van der Waals surface area contributed by atoms with E-state index in [1.165, 1.54) is 6.92 Å². The lowest BCUT2D eigenvalue weighted by molar-refractivity contribution is -0.129. The summed E-state index contributed by atoms with van der Waals surface area (Å²) in [6, 6.07) is 6.72. The van der Waals surface area contributed by atoms with Gasteiger partial charge in [0.25, 0.3) is 0 Å². The Morgan fingerprint density at radius 3 is 2.46 bits per heavy atom. The van der Waals surface area contributed by atoms with Crippen LogP contribution in [0.25, 0.3) is 0 Å². The van der Waals surface area contributed by atoms with Crippen molar-refractivity contribution >= 4 is 23.3 Å². The molecule has 6 heteroatoms. The molecular formula is C18H23N3O3. The van der Waals surface area contributed by atoms with Gasteiger partial charge in [-0.1, -0.05) is 12.8 Å². The van der Waals surface area contributed by atoms with Crippen molar-refractivity contribution in [2.24, 2.45) is 0 Å². The third-order valence-corrected chi connectivity index (χ3v) is 4.79. The molecule has 1 aliphatic carbocycles. The molecule has 1 saturated heterocycles. The number of Topliss-reactive ketones (excluding diaryl/α,β-unsaturated/α-hetero) is 1. The Kier molecular flexibility index (Phi) is 4.94. The molecule has 6 nitrogen and oxygen atoms in total. The Hall–Kier alpha value is -2.21. The number of rotatable bonds is 4. The van der Waals surface area contributed by atoms with Crippen molar-refractivity contribution in [3.63, 3.8) is 0 Å². The summed E-state index contributed by atoms with van der Waals surface area (Å²) >= 11 is 0. The highest BCUT2D eigenvalue weighted by atomic mass is 16.2. The minimum Gasteiger partial charge on any atom is -0.350 e. The molecule has 2 aliphatic rings. The predicted octanol–water partition coefficient (Wildman–Crippen LogP) is 1.62. The van der Waals surface area contributed by atoms with Crippen molar-refractivity contribution in [2.75, 3.05) is 5.32 Å². The molecule has 1 aliphatic heterocycles. The number of piperazine rings is 1. The van der Waals surface area contributed by atoms with Crippen molar-refractivity contribution < 1.29 is 14.4 Å². The number of fused-ring (bicyclic) bond motifs is 1. The summed E-state index contributed by atoms with van der Waals surface area (Å²) < 4.78 is 0. The zero-order valence-corrected chi connectivity index (χ0v) is 13.8. The van der Waals surface area contributed by atoms with Crippen LogP contribution < -0.4 is 16.0 Å². The lowest BCUT2D eigenvalue weighted by Gasteiger charge is -2.40. The van der Waals surface area contributed by atoms with Crippen LogP contribution in [-0.4, -0.2) is 35.7 Å². The first kappa shape index (κ1) is 16.6. The number of carbonyl (C=O) groups is 3. The van der Waals surface area contributed by atoms with E-state index in [-0.39, 0.29) is 36.1 Å². The summed E-state index contributed by atoms with van der Waals surface area (Å²) in [5.74, 6) is -0.328. The van der Waals surface area contributed by atoms with E-state index in [9.17, 15) is 14.4 Å². The van der Waals surface area contributed by atoms with Gasteiger partial charge in [-0.05, 0) is 44.0 Å². The minimum atomic E-state index is -0.485. The van der Waals surface area contributed by atoms with Crippen molar-refractivity contribution in [3.8, 4) is 0 Å². The topological polar surface area (TPSA) is 87.3 Å². The van der Waals surface area contributed by atoms with Gasteiger partial charge < -0.3 is 16.0 Å². The first-order valence-electron chi connectivity index (χ1n) is 8.50. The monoisotopic (exact) mass is 329 g/mol. The molecule has 0 aromatic heterocycles. The van der Waals surface area contributed by atoms with Crippen LogP contribution >= 0.6 is 0 Å². The van der Waals surface area contributed by atoms with Gasteiger partial charge in [0.05, 0.1) is 12.5 Å². The van der Waals surface area contributed by atoms with Gasteiger partial charge in [0.15, 0.2) is 5.78 Å². The van der Waals surface area contributed by atoms with Crippen LogP contribution in [-0.2, 0) is 9.59 Å². The third-order valence-electron chi connectivity index (χ3n) is 4.79. The fourth-order valence-corrected chi connectivity index (χ4v) is 3.46. The molecule has 0 spiro atoms. The molecule has 0 bridgehead atoms. The molecule has 3 rings (SSSR count). The number of ketones is 1. The fourth-order valence-electron chi connectivity index (χ4n) is 3.46. The Labute approximate surface area is 141 Å². The van der Waals surface area contributed by atoms with Gasteiger partial charge >= 0.3 is 0 Å². The van der Waals surface area contributed by atoms with Gasteiger partial charge in [-0.25, -0.2) is 0 Å². The first-order valence-corrected chi connectivity index (χ1v) is 8.50. The Morgan fingerprint density at radius 2 is 1.79 bits per heavy atom. The maximum atomic E-state index is 12.2. The quantitative estimate of drug-likeness (QED) is 0.733. The number of amides is 2. The van der Waals surface area contributed by atoms with Crippen molar-refractivity contribution in [1.82, 2.24) is 10.6 Å². The summed E-state index contributed by atoms with van der Waals surface area (Å²) in [6.45, 7) is 1.50. The highest BCUT2D eigenvalue weighted by Crippen LogP contribution is 2.22. The number of carbonyl (C=O) groups excluding carboxylic acids is 3. The second kappa shape index (κ2) is 7.13. The maximum Gasteiger partial charge on any atom is 0.237 e. The summed E-state index contributed by atoms with van der Waals surface area (Å²) in [6.07, 6.45) is 4.44. The van der Waals surface area contributed by atoms with Crippen molar-refractivity contribution in [2.45, 2.75) is 57.2 Å². The van der Waals surface area contributed by atoms with Crippen LogP contribution in [0.5, 0.6) is 0 Å². The largest absolute Gasteiger partial charge is 0.350 e. The van der Waals surface area contributed by atoms with Gasteiger partial charge in [0.1, 0.15) is 0 Å². The molecule has 1 heterocycles. The molecule has 3 N–H and O–H groups in total. The van der Waals surface area contributed by atoms with E-state index in [4.69, 9.17) is 0 Å². The van der Waals surface area contributed by atoms with Gasteiger partial charge in [-0.2, -0.15) is 0 Å². The summed E-state index contributed by atoms with van der Waals surface area (Å²) in [4.78, 5) is 35.6. The zero-order valence-electron chi connectivity index (χ0n) is 13.8. The first-order chi connectivity index (χ1) is 11.5. The number of hydrogen-bond donors (Lipinski definition) is 3. The number of anilines is 1. The summed E-state index contributed by atoms with van der Waals surface area (Å²) in [5, 5.41) is 9.14. The van der Waals surface area contributed by atoms with Gasteiger partial charge in [-0.15, -0.1) is 0 Å². The zero-order chi connectivity index (χ0) is 17.1. The van der Waals surface area contributed by atoms with Crippen molar-refractivity contribution in [3.05, 3.63) is 29.8 Å². The van der Waals surface area contributed by atoms with Gasteiger partial charge in [-0.3, -0.25) is 14.4 Å². The average Bonchev–Trinajstić information content (AvgIpc) is 2.56. The van der Waals surface area contributed by atoms with Crippen LogP contribution in [0.1, 0.15) is 49.4 Å². The molecule has 1 aromatic rings. The van der Waals surface area contributed by atoms with E-state index in [1.807, 2.05) is 0 Å². The van der Waals surface area contributed by atoms with Crippen LogP contribution in [0.2, 0.25) is 0 Å².